The summed E-state index contributed by atoms with van der Waals surface area (Å²) >= 11 is 8.73. The van der Waals surface area contributed by atoms with Crippen molar-refractivity contribution in [2.45, 2.75) is 52.0 Å². The number of fused-ring (bicyclic) bond motifs is 3. The van der Waals surface area contributed by atoms with Crippen LogP contribution in [-0.4, -0.2) is 23.3 Å². The normalized spacial score (nSPS) is 14.3. The largest absolute Gasteiger partial charge is 0.301 e. The molecule has 198 valence electrons. The van der Waals surface area contributed by atoms with Crippen LogP contribution in [0.3, 0.4) is 0 Å². The summed E-state index contributed by atoms with van der Waals surface area (Å²) in [5.41, 5.74) is 5.13. The number of hydrogen-bond donors (Lipinski definition) is 1. The number of sulfonamides is 1. The average Bonchev–Trinajstić information content (AvgIpc) is 3.48. The van der Waals surface area contributed by atoms with E-state index in [1.54, 1.807) is 35.8 Å². The van der Waals surface area contributed by atoms with E-state index in [9.17, 15) is 13.2 Å². The van der Waals surface area contributed by atoms with Gasteiger partial charge in [0.1, 0.15) is 4.64 Å². The summed E-state index contributed by atoms with van der Waals surface area (Å²) in [5.74, 6) is -0.119. The Morgan fingerprint density at radius 3 is 2.37 bits per heavy atom. The predicted molar refractivity (Wildman–Crippen MR) is 158 cm³/mol. The summed E-state index contributed by atoms with van der Waals surface area (Å²) < 4.78 is 30.7. The number of nitrogens with zero attached hydrogens (tertiary/aromatic N) is 3. The van der Waals surface area contributed by atoms with Crippen LogP contribution in [0.2, 0.25) is 0 Å². The fourth-order valence-corrected chi connectivity index (χ4v) is 8.13. The molecule has 0 aliphatic carbocycles. The van der Waals surface area contributed by atoms with E-state index in [1.807, 2.05) is 22.7 Å². The van der Waals surface area contributed by atoms with Crippen molar-refractivity contribution in [1.82, 2.24) is 8.94 Å². The summed E-state index contributed by atoms with van der Waals surface area (Å²) in [5, 5.41) is 2.02. The first-order valence-electron chi connectivity index (χ1n) is 12.1. The molecule has 0 fully saturated rings. The van der Waals surface area contributed by atoms with Gasteiger partial charge >= 0.3 is 0 Å². The Balaban J connectivity index is 1.64. The average molecular weight is 585 g/mol. The van der Waals surface area contributed by atoms with Gasteiger partial charge in [-0.05, 0) is 75.2 Å². The van der Waals surface area contributed by atoms with E-state index in [2.05, 4.69) is 49.5 Å². The lowest BCUT2D eigenvalue weighted by Crippen LogP contribution is -2.49. The van der Waals surface area contributed by atoms with Crippen molar-refractivity contribution in [3.05, 3.63) is 68.6 Å². The van der Waals surface area contributed by atoms with Crippen LogP contribution in [-0.2, 0) is 20.4 Å². The highest BCUT2D eigenvalue weighted by Gasteiger charge is 2.44. The van der Waals surface area contributed by atoms with Crippen LogP contribution in [0, 0.1) is 24.4 Å². The van der Waals surface area contributed by atoms with Gasteiger partial charge in [0.2, 0.25) is 5.91 Å². The van der Waals surface area contributed by atoms with Crippen molar-refractivity contribution >= 4 is 61.8 Å². The van der Waals surface area contributed by atoms with Crippen molar-refractivity contribution in [1.29, 1.82) is 0 Å². The molecular weight excluding hydrogens is 557 g/mol. The molecule has 1 aliphatic rings. The zero-order valence-corrected chi connectivity index (χ0v) is 25.2. The van der Waals surface area contributed by atoms with Crippen LogP contribution in [0.15, 0.2) is 52.9 Å². The molecule has 2 aromatic carbocycles. The van der Waals surface area contributed by atoms with Gasteiger partial charge in [0, 0.05) is 28.6 Å². The number of amides is 1. The fourth-order valence-electron chi connectivity index (χ4n) is 4.65. The Morgan fingerprint density at radius 1 is 1.11 bits per heavy atom. The lowest BCUT2D eigenvalue weighted by atomic mass is 9.85. The lowest BCUT2D eigenvalue weighted by molar-refractivity contribution is -0.122. The molecule has 0 unspecified atom stereocenters. The molecule has 0 spiro atoms. The van der Waals surface area contributed by atoms with Crippen LogP contribution in [0.1, 0.15) is 43.7 Å². The molecule has 38 heavy (non-hydrogen) atoms. The van der Waals surface area contributed by atoms with Crippen LogP contribution < -0.4 is 9.62 Å². The summed E-state index contributed by atoms with van der Waals surface area (Å²) in [6.07, 6.45) is 1.55. The quantitative estimate of drug-likeness (QED) is 0.254. The second-order valence-electron chi connectivity index (χ2n) is 10.2. The van der Waals surface area contributed by atoms with Gasteiger partial charge in [-0.15, -0.1) is 11.3 Å². The smallest absolute Gasteiger partial charge is 0.263 e. The third kappa shape index (κ3) is 4.31. The highest BCUT2D eigenvalue weighted by atomic mass is 32.2. The van der Waals surface area contributed by atoms with E-state index in [4.69, 9.17) is 12.2 Å². The second kappa shape index (κ2) is 9.41. The molecule has 3 heterocycles. The van der Waals surface area contributed by atoms with Crippen molar-refractivity contribution in [3.8, 4) is 16.8 Å². The summed E-state index contributed by atoms with van der Waals surface area (Å²) in [6.45, 7) is 12.1. The van der Waals surface area contributed by atoms with Crippen LogP contribution in [0.4, 0.5) is 10.8 Å². The number of rotatable bonds is 5. The molecule has 1 amide bonds. The van der Waals surface area contributed by atoms with Crippen LogP contribution >= 0.6 is 35.1 Å². The van der Waals surface area contributed by atoms with Crippen molar-refractivity contribution in [2.24, 2.45) is 5.92 Å². The number of hydrogen-bond acceptors (Lipinski definition) is 7. The standard InChI is InChI=1S/C27H28N4O3S4/c1-15(2)24(32)30-21-14-17(4)16(3)13-20(21)22-23(27(30,5)6)37-31(25(22)35)18-7-9-19(10-8-18)38(33,34)29-26-28-11-12-36-26/h7-15H,1-6H3,(H,28,29). The summed E-state index contributed by atoms with van der Waals surface area (Å²) in [4.78, 5) is 20.6. The van der Waals surface area contributed by atoms with E-state index in [1.165, 1.54) is 22.9 Å². The highest BCUT2D eigenvalue weighted by molar-refractivity contribution is 7.93. The lowest BCUT2D eigenvalue weighted by Gasteiger charge is -2.44. The van der Waals surface area contributed by atoms with Crippen LogP contribution in [0.25, 0.3) is 16.8 Å². The molecule has 0 bridgehead atoms. The third-order valence-corrected chi connectivity index (χ3v) is 10.9. The van der Waals surface area contributed by atoms with Gasteiger partial charge in [0.05, 0.1) is 26.7 Å². The van der Waals surface area contributed by atoms with Crippen LogP contribution in [0.5, 0.6) is 0 Å². The topological polar surface area (TPSA) is 84.3 Å². The molecule has 1 N–H and O–H groups in total. The zero-order valence-electron chi connectivity index (χ0n) is 21.9. The van der Waals surface area contributed by atoms with Gasteiger partial charge in [-0.25, -0.2) is 13.4 Å². The molecule has 0 radical (unpaired) electrons. The molecule has 2 aromatic heterocycles. The molecule has 7 nitrogen and oxygen atoms in total. The Morgan fingerprint density at radius 2 is 1.76 bits per heavy atom. The first-order chi connectivity index (χ1) is 17.8. The molecular formula is C27H28N4O3S4. The minimum absolute atomic E-state index is 0.0540. The van der Waals surface area contributed by atoms with Crippen molar-refractivity contribution in [2.75, 3.05) is 9.62 Å². The summed E-state index contributed by atoms with van der Waals surface area (Å²) in [7, 11) is -3.77. The van der Waals surface area contributed by atoms with Crippen molar-refractivity contribution < 1.29 is 13.2 Å². The molecule has 11 heteroatoms. The molecule has 0 saturated carbocycles. The number of aromatic nitrogens is 2. The minimum Gasteiger partial charge on any atom is -0.301 e. The van der Waals surface area contributed by atoms with E-state index in [-0.39, 0.29) is 16.7 Å². The maximum Gasteiger partial charge on any atom is 0.263 e. The van der Waals surface area contributed by atoms with E-state index in [0.717, 1.165) is 38.5 Å². The van der Waals surface area contributed by atoms with Gasteiger partial charge in [0.25, 0.3) is 10.0 Å². The number of benzene rings is 2. The van der Waals surface area contributed by atoms with Crippen molar-refractivity contribution in [3.63, 3.8) is 0 Å². The predicted octanol–water partition coefficient (Wildman–Crippen LogP) is 7.05. The maximum atomic E-state index is 13.5. The molecule has 0 saturated heterocycles. The monoisotopic (exact) mass is 584 g/mol. The molecule has 0 atom stereocenters. The number of carbonyl (C=O) groups is 1. The molecule has 5 rings (SSSR count). The zero-order chi connectivity index (χ0) is 27.6. The maximum absolute atomic E-state index is 13.5. The summed E-state index contributed by atoms with van der Waals surface area (Å²) in [6, 6.07) is 10.8. The van der Waals surface area contributed by atoms with Gasteiger partial charge in [-0.3, -0.25) is 13.5 Å². The first kappa shape index (κ1) is 26.7. The molecule has 4 aromatic rings. The second-order valence-corrected chi connectivity index (χ2v) is 14.1. The Kier molecular flexibility index (Phi) is 6.62. The van der Waals surface area contributed by atoms with Gasteiger partial charge in [-0.2, -0.15) is 0 Å². The minimum atomic E-state index is -3.77. The van der Waals surface area contributed by atoms with E-state index in [0.29, 0.717) is 9.77 Å². The van der Waals surface area contributed by atoms with E-state index < -0.39 is 15.6 Å². The Bertz CT molecular complexity index is 1710. The van der Waals surface area contributed by atoms with Gasteiger partial charge < -0.3 is 4.90 Å². The number of aryl methyl sites for hydroxylation is 2. The highest BCUT2D eigenvalue weighted by Crippen LogP contribution is 2.52. The Hall–Kier alpha value is -2.86. The first-order valence-corrected chi connectivity index (χ1v) is 15.6. The van der Waals surface area contributed by atoms with Gasteiger partial charge in [-0.1, -0.05) is 37.6 Å². The Labute approximate surface area is 236 Å². The number of nitrogens with one attached hydrogen (secondary N) is 1. The van der Waals surface area contributed by atoms with Gasteiger partial charge in [0.15, 0.2) is 5.13 Å². The SMILES string of the molecule is Cc1cc2c(cc1C)N(C(=O)C(C)C)C(C)(C)c1sn(-c3ccc(S(=O)(=O)Nc4nccs4)cc3)c(=S)c1-2. The fraction of sp³-hybridized carbons (Fsp3) is 0.296. The third-order valence-electron chi connectivity index (χ3n) is 6.79. The molecule has 1 aliphatic heterocycles. The number of carbonyl (C=O) groups excluding carboxylic acids is 1. The number of thiazole rings is 1. The number of anilines is 2. The van der Waals surface area contributed by atoms with E-state index >= 15 is 0 Å².